The molecule has 0 fully saturated rings. The molecule has 0 atom stereocenters. The molecule has 0 amide bonds. The number of hydrogen-bond acceptors (Lipinski definition) is 6. The highest BCUT2D eigenvalue weighted by Crippen LogP contribution is 2.10. The van der Waals surface area contributed by atoms with Crippen LogP contribution in [0.5, 0.6) is 0 Å². The van der Waals surface area contributed by atoms with E-state index in [9.17, 15) is 14.4 Å². The van der Waals surface area contributed by atoms with Crippen LogP contribution in [0.25, 0.3) is 12.2 Å². The molecule has 26 heavy (non-hydrogen) atoms. The second kappa shape index (κ2) is 7.46. The summed E-state index contributed by atoms with van der Waals surface area (Å²) in [5, 5.41) is 16.7. The summed E-state index contributed by atoms with van der Waals surface area (Å²) in [4.78, 5) is 37.5. The summed E-state index contributed by atoms with van der Waals surface area (Å²) in [6.07, 6.45) is 4.21. The third-order valence-corrected chi connectivity index (χ3v) is 4.42. The number of aliphatic carboxylic acids is 1. The van der Waals surface area contributed by atoms with Crippen LogP contribution in [0.2, 0.25) is 5.02 Å². The number of nitrogens with one attached hydrogen (secondary N) is 1. The zero-order valence-electron chi connectivity index (χ0n) is 13.0. The maximum atomic E-state index is 12.2. The molecule has 2 heterocycles. The van der Waals surface area contributed by atoms with Crippen LogP contribution in [0.1, 0.15) is 16.1 Å². The Morgan fingerprint density at radius 2 is 2.04 bits per heavy atom. The molecule has 0 aliphatic carbocycles. The third kappa shape index (κ3) is 4.32. The first kappa shape index (κ1) is 17.8. The number of thiazole rings is 1. The van der Waals surface area contributed by atoms with E-state index < -0.39 is 5.97 Å². The van der Waals surface area contributed by atoms with Gasteiger partial charge in [-0.05, 0) is 30.3 Å². The van der Waals surface area contributed by atoms with Gasteiger partial charge in [-0.25, -0.2) is 4.68 Å². The average Bonchev–Trinajstić information content (AvgIpc) is 3.14. The van der Waals surface area contributed by atoms with Gasteiger partial charge >= 0.3 is 5.97 Å². The number of carboxylic acid groups (broad SMARTS) is 1. The molecule has 1 aromatic carbocycles. The molecule has 0 radical (unpaired) electrons. The predicted molar refractivity (Wildman–Crippen MR) is 95.7 cm³/mol. The van der Waals surface area contributed by atoms with Gasteiger partial charge in [0.1, 0.15) is 12.2 Å². The normalized spacial score (nSPS) is 12.5. The van der Waals surface area contributed by atoms with Crippen LogP contribution in [-0.4, -0.2) is 36.8 Å². The third-order valence-electron chi connectivity index (χ3n) is 3.20. The topological polar surface area (TPSA) is 118 Å². The van der Waals surface area contributed by atoms with E-state index in [-0.39, 0.29) is 17.9 Å². The number of carbonyl (C=O) groups excluding carboxylic acids is 1. The highest BCUT2D eigenvalue weighted by molar-refractivity contribution is 7.07. The predicted octanol–water partition coefficient (Wildman–Crippen LogP) is 0.258. The maximum absolute atomic E-state index is 12.2. The van der Waals surface area contributed by atoms with Gasteiger partial charge in [-0.1, -0.05) is 16.8 Å². The van der Waals surface area contributed by atoms with Crippen molar-refractivity contribution in [3.63, 3.8) is 0 Å². The molecule has 0 aliphatic rings. The SMILES string of the molecule is O=C(O)Cn1cc(/C=c2/s/c(=C\C(=O)c3ccc(Cl)cc3)[nH]c2=O)nn1. The minimum Gasteiger partial charge on any atom is -0.480 e. The Morgan fingerprint density at radius 1 is 1.31 bits per heavy atom. The van der Waals surface area contributed by atoms with Crippen molar-refractivity contribution in [3.8, 4) is 0 Å². The number of benzene rings is 1. The van der Waals surface area contributed by atoms with Crippen molar-refractivity contribution in [1.29, 1.82) is 0 Å². The van der Waals surface area contributed by atoms with Crippen LogP contribution in [-0.2, 0) is 11.3 Å². The monoisotopic (exact) mass is 390 g/mol. The van der Waals surface area contributed by atoms with Crippen molar-refractivity contribution in [1.82, 2.24) is 20.0 Å². The Hall–Kier alpha value is -3.04. The molecule has 8 nitrogen and oxygen atoms in total. The van der Waals surface area contributed by atoms with Crippen LogP contribution in [0.4, 0.5) is 0 Å². The lowest BCUT2D eigenvalue weighted by atomic mass is 10.1. The van der Waals surface area contributed by atoms with E-state index in [1.165, 1.54) is 18.3 Å². The lowest BCUT2D eigenvalue weighted by Gasteiger charge is -1.94. The maximum Gasteiger partial charge on any atom is 0.325 e. The lowest BCUT2D eigenvalue weighted by molar-refractivity contribution is -0.137. The van der Waals surface area contributed by atoms with Crippen LogP contribution in [0.3, 0.4) is 0 Å². The largest absolute Gasteiger partial charge is 0.480 e. The zero-order chi connectivity index (χ0) is 18.7. The van der Waals surface area contributed by atoms with E-state index >= 15 is 0 Å². The van der Waals surface area contributed by atoms with Gasteiger partial charge in [0.05, 0.1) is 15.4 Å². The number of aromatic nitrogens is 4. The molecule has 10 heteroatoms. The van der Waals surface area contributed by atoms with E-state index in [0.717, 1.165) is 16.0 Å². The number of aromatic amines is 1. The lowest BCUT2D eigenvalue weighted by Crippen LogP contribution is -2.20. The Labute approximate surface area is 154 Å². The number of nitrogens with zero attached hydrogens (tertiary/aromatic N) is 3. The van der Waals surface area contributed by atoms with Crippen molar-refractivity contribution >= 4 is 46.8 Å². The molecule has 0 saturated carbocycles. The number of carboxylic acids is 1. The number of ketones is 1. The second-order valence-corrected chi connectivity index (χ2v) is 6.70. The summed E-state index contributed by atoms with van der Waals surface area (Å²) >= 11 is 6.88. The number of H-pyrrole nitrogens is 1. The molecule has 0 saturated heterocycles. The summed E-state index contributed by atoms with van der Waals surface area (Å²) in [6.45, 7) is -0.323. The van der Waals surface area contributed by atoms with Gasteiger partial charge in [0, 0.05) is 16.7 Å². The van der Waals surface area contributed by atoms with Crippen LogP contribution in [0, 0.1) is 0 Å². The van der Waals surface area contributed by atoms with Gasteiger partial charge in [-0.2, -0.15) is 0 Å². The van der Waals surface area contributed by atoms with Crippen molar-refractivity contribution in [2.45, 2.75) is 6.54 Å². The van der Waals surface area contributed by atoms with Crippen molar-refractivity contribution in [2.75, 3.05) is 0 Å². The molecule has 0 aliphatic heterocycles. The van der Waals surface area contributed by atoms with Gasteiger partial charge in [0.25, 0.3) is 5.56 Å². The summed E-state index contributed by atoms with van der Waals surface area (Å²) in [7, 11) is 0. The standard InChI is InChI=1S/C16H11ClN4O4S/c17-10-3-1-9(2-4-10)12(22)6-14-18-16(25)13(26-14)5-11-7-21(20-19-11)8-15(23)24/h1-7H,8H2,(H,18,25)(H,23,24)/b13-5+,14-6-. The minimum atomic E-state index is -1.05. The summed E-state index contributed by atoms with van der Waals surface area (Å²) < 4.78 is 1.86. The summed E-state index contributed by atoms with van der Waals surface area (Å²) in [5.74, 6) is -1.31. The molecule has 132 valence electrons. The van der Waals surface area contributed by atoms with Crippen LogP contribution in [0.15, 0.2) is 35.3 Å². The molecule has 0 bridgehead atoms. The Kier molecular flexibility index (Phi) is 5.10. The van der Waals surface area contributed by atoms with Crippen molar-refractivity contribution < 1.29 is 14.7 Å². The van der Waals surface area contributed by atoms with Gasteiger partial charge in [0.2, 0.25) is 0 Å². The first-order chi connectivity index (χ1) is 12.4. The fraction of sp³-hybridized carbons (Fsp3) is 0.0625. The fourth-order valence-corrected chi connectivity index (χ4v) is 3.07. The molecule has 0 spiro atoms. The molecular weight excluding hydrogens is 380 g/mol. The van der Waals surface area contributed by atoms with Gasteiger partial charge in [0.15, 0.2) is 5.78 Å². The molecule has 0 unspecified atom stereocenters. The van der Waals surface area contributed by atoms with Gasteiger partial charge < -0.3 is 10.1 Å². The van der Waals surface area contributed by atoms with Crippen LogP contribution >= 0.6 is 22.9 Å². The number of halogens is 1. The number of hydrogen-bond donors (Lipinski definition) is 2. The highest BCUT2D eigenvalue weighted by Gasteiger charge is 2.05. The first-order valence-electron chi connectivity index (χ1n) is 7.25. The van der Waals surface area contributed by atoms with E-state index in [1.807, 2.05) is 0 Å². The molecule has 3 rings (SSSR count). The number of Topliss-reactive ketones (excluding diaryl/α,β-unsaturated/α-hetero) is 1. The Bertz CT molecular complexity index is 1140. The first-order valence-corrected chi connectivity index (χ1v) is 8.44. The quantitative estimate of drug-likeness (QED) is 0.603. The molecule has 3 aromatic rings. The van der Waals surface area contributed by atoms with E-state index in [4.69, 9.17) is 16.7 Å². The molecule has 2 N–H and O–H groups in total. The average molecular weight is 391 g/mol. The Morgan fingerprint density at radius 3 is 2.73 bits per heavy atom. The fourth-order valence-electron chi connectivity index (χ4n) is 2.07. The minimum absolute atomic E-state index is 0.266. The molecule has 2 aromatic heterocycles. The smallest absolute Gasteiger partial charge is 0.325 e. The number of carbonyl (C=O) groups is 2. The zero-order valence-corrected chi connectivity index (χ0v) is 14.6. The summed E-state index contributed by atoms with van der Waals surface area (Å²) in [6, 6.07) is 6.42. The van der Waals surface area contributed by atoms with E-state index in [0.29, 0.717) is 25.5 Å². The highest BCUT2D eigenvalue weighted by atomic mass is 35.5. The number of rotatable bonds is 5. The van der Waals surface area contributed by atoms with Gasteiger partial charge in [-0.3, -0.25) is 14.4 Å². The second-order valence-electron chi connectivity index (χ2n) is 5.18. The van der Waals surface area contributed by atoms with Crippen molar-refractivity contribution in [2.24, 2.45) is 0 Å². The Balaban J connectivity index is 1.90. The van der Waals surface area contributed by atoms with E-state index in [1.54, 1.807) is 24.3 Å². The summed E-state index contributed by atoms with van der Waals surface area (Å²) in [5.41, 5.74) is 0.415. The van der Waals surface area contributed by atoms with Crippen molar-refractivity contribution in [3.05, 3.63) is 66.3 Å². The van der Waals surface area contributed by atoms with Crippen LogP contribution < -0.4 is 14.8 Å². The van der Waals surface area contributed by atoms with Gasteiger partial charge in [-0.15, -0.1) is 16.4 Å². The molecular formula is C16H11ClN4O4S. The van der Waals surface area contributed by atoms with E-state index in [2.05, 4.69) is 15.3 Å².